The second kappa shape index (κ2) is 13.1. The molecular formula is C27H37ClN2O7S. The van der Waals surface area contributed by atoms with E-state index in [0.29, 0.717) is 29.3 Å². The number of hydrogen-bond donors (Lipinski definition) is 4. The van der Waals surface area contributed by atoms with Crippen molar-refractivity contribution >= 4 is 21.6 Å². The molecule has 2 aromatic rings. The van der Waals surface area contributed by atoms with E-state index in [4.69, 9.17) is 21.1 Å². The molecule has 2 fully saturated rings. The molecule has 2 saturated heterocycles. The molecular weight excluding hydrogens is 532 g/mol. The molecule has 0 unspecified atom stereocenters. The zero-order valence-corrected chi connectivity index (χ0v) is 23.1. The maximum absolute atomic E-state index is 11.1. The van der Waals surface area contributed by atoms with Crippen molar-refractivity contribution in [3.05, 3.63) is 64.2 Å². The highest BCUT2D eigenvalue weighted by atomic mass is 35.5. The van der Waals surface area contributed by atoms with Crippen molar-refractivity contribution in [1.82, 2.24) is 9.62 Å². The van der Waals surface area contributed by atoms with Crippen molar-refractivity contribution in [1.29, 1.82) is 0 Å². The summed E-state index contributed by atoms with van der Waals surface area (Å²) in [4.78, 5) is 2.24. The van der Waals surface area contributed by atoms with Gasteiger partial charge in [0, 0.05) is 18.1 Å². The molecule has 38 heavy (non-hydrogen) atoms. The molecule has 0 radical (unpaired) electrons. The molecule has 5 atom stereocenters. The number of hydrogen-bond acceptors (Lipinski definition) is 8. The van der Waals surface area contributed by atoms with Crippen molar-refractivity contribution in [3.8, 4) is 5.75 Å². The number of aliphatic hydroxyl groups excluding tert-OH is 3. The number of sulfonamides is 1. The van der Waals surface area contributed by atoms with Gasteiger partial charge in [0.05, 0.1) is 12.4 Å². The van der Waals surface area contributed by atoms with Crippen molar-refractivity contribution in [3.63, 3.8) is 0 Å². The Morgan fingerprint density at radius 3 is 2.42 bits per heavy atom. The Labute approximate surface area is 229 Å². The minimum absolute atomic E-state index is 0.183. The van der Waals surface area contributed by atoms with E-state index in [1.807, 2.05) is 30.3 Å². The van der Waals surface area contributed by atoms with Gasteiger partial charge in [0.2, 0.25) is 10.0 Å². The predicted octanol–water partition coefficient (Wildman–Crippen LogP) is 1.87. The third-order valence-electron chi connectivity index (χ3n) is 7.05. The zero-order valence-electron chi connectivity index (χ0n) is 21.5. The zero-order chi connectivity index (χ0) is 27.3. The summed E-state index contributed by atoms with van der Waals surface area (Å²) in [7, 11) is -3.25. The predicted molar refractivity (Wildman–Crippen MR) is 145 cm³/mol. The smallest absolute Gasteiger partial charge is 0.208 e. The van der Waals surface area contributed by atoms with E-state index in [-0.39, 0.29) is 13.2 Å². The number of rotatable bonds is 10. The Morgan fingerprint density at radius 2 is 1.74 bits per heavy atom. The molecule has 4 N–H and O–H groups in total. The van der Waals surface area contributed by atoms with Gasteiger partial charge in [0.1, 0.15) is 36.8 Å². The highest BCUT2D eigenvalue weighted by Gasteiger charge is 2.44. The highest BCUT2D eigenvalue weighted by Crippen LogP contribution is 2.35. The maximum atomic E-state index is 11.1. The van der Waals surface area contributed by atoms with E-state index in [1.165, 1.54) is 6.42 Å². The van der Waals surface area contributed by atoms with Crippen LogP contribution < -0.4 is 9.46 Å². The van der Waals surface area contributed by atoms with Crippen LogP contribution in [0.5, 0.6) is 5.75 Å². The molecule has 9 nitrogen and oxygen atoms in total. The third-order valence-corrected chi connectivity index (χ3v) is 8.15. The molecule has 4 rings (SSSR count). The van der Waals surface area contributed by atoms with Gasteiger partial charge in [-0.1, -0.05) is 42.3 Å². The third kappa shape index (κ3) is 7.89. The molecule has 2 aromatic carbocycles. The normalized spacial score (nSPS) is 26.8. The molecule has 0 saturated carbocycles. The lowest BCUT2D eigenvalue weighted by Crippen LogP contribution is -2.57. The van der Waals surface area contributed by atoms with Crippen LogP contribution in [0.1, 0.15) is 42.1 Å². The van der Waals surface area contributed by atoms with E-state index in [0.717, 1.165) is 43.3 Å². The Hall–Kier alpha value is -1.76. The van der Waals surface area contributed by atoms with Crippen molar-refractivity contribution in [2.24, 2.45) is 0 Å². The standard InChI is InChI=1S/C27H37ClN2O7S/c1-38(34,35)29-11-14-36-21-8-5-18(6-9-21)15-20-16-19(7-10-22(20)28)27-26(33)25(32)24(31)23(37-27)17-30-12-3-2-4-13-30/h5-10,16,23-27,29,31-33H,2-4,11-15,17H2,1H3/t23-,24+,25+,26-,27-/m1/s1. The van der Waals surface area contributed by atoms with Crippen LogP contribution in [0.25, 0.3) is 0 Å². The van der Waals surface area contributed by atoms with Gasteiger partial charge in [-0.2, -0.15) is 0 Å². The molecule has 0 aromatic heterocycles. The Morgan fingerprint density at radius 1 is 1.03 bits per heavy atom. The molecule has 2 heterocycles. The number of likely N-dealkylation sites (tertiary alicyclic amines) is 1. The molecule has 11 heteroatoms. The molecule has 0 bridgehead atoms. The van der Waals surface area contributed by atoms with Gasteiger partial charge in [-0.15, -0.1) is 0 Å². The van der Waals surface area contributed by atoms with Gasteiger partial charge >= 0.3 is 0 Å². The van der Waals surface area contributed by atoms with E-state index in [9.17, 15) is 23.7 Å². The molecule has 0 amide bonds. The second-order valence-corrected chi connectivity index (χ2v) is 12.4. The summed E-state index contributed by atoms with van der Waals surface area (Å²) in [5.41, 5.74) is 2.50. The van der Waals surface area contributed by atoms with E-state index >= 15 is 0 Å². The van der Waals surface area contributed by atoms with Crippen LogP contribution in [0.4, 0.5) is 0 Å². The van der Waals surface area contributed by atoms with Crippen molar-refractivity contribution in [2.45, 2.75) is 56.2 Å². The van der Waals surface area contributed by atoms with Crippen LogP contribution in [0.15, 0.2) is 42.5 Å². The highest BCUT2D eigenvalue weighted by molar-refractivity contribution is 7.88. The number of halogens is 1. The number of ether oxygens (including phenoxy) is 2. The average molecular weight is 569 g/mol. The van der Waals surface area contributed by atoms with Gasteiger partial charge < -0.3 is 29.7 Å². The van der Waals surface area contributed by atoms with Gasteiger partial charge in [-0.05, 0) is 67.2 Å². The minimum atomic E-state index is -3.25. The lowest BCUT2D eigenvalue weighted by Gasteiger charge is -2.43. The monoisotopic (exact) mass is 568 g/mol. The number of piperidine rings is 1. The first-order valence-corrected chi connectivity index (χ1v) is 15.2. The topological polar surface area (TPSA) is 129 Å². The lowest BCUT2D eigenvalue weighted by atomic mass is 9.89. The summed E-state index contributed by atoms with van der Waals surface area (Å²) >= 11 is 6.50. The number of benzene rings is 2. The van der Waals surface area contributed by atoms with Crippen LogP contribution in [0.2, 0.25) is 5.02 Å². The molecule has 2 aliphatic heterocycles. The van der Waals surface area contributed by atoms with Crippen LogP contribution >= 0.6 is 11.6 Å². The van der Waals surface area contributed by atoms with E-state index in [2.05, 4.69) is 9.62 Å². The first-order chi connectivity index (χ1) is 18.1. The maximum Gasteiger partial charge on any atom is 0.208 e. The Bertz CT molecular complexity index is 1160. The summed E-state index contributed by atoms with van der Waals surface area (Å²) < 4.78 is 36.4. The SMILES string of the molecule is CS(=O)(=O)NCCOc1ccc(Cc2cc([C@H]3O[C@H](CN4CCCCC4)[C@H](O)[C@H](O)[C@H]3O)ccc2Cl)cc1. The van der Waals surface area contributed by atoms with E-state index < -0.39 is 40.5 Å². The first-order valence-electron chi connectivity index (χ1n) is 13.0. The Balaban J connectivity index is 1.42. The quantitative estimate of drug-likeness (QED) is 0.320. The van der Waals surface area contributed by atoms with Crippen LogP contribution in [-0.2, 0) is 21.2 Å². The first kappa shape index (κ1) is 29.2. The fourth-order valence-corrected chi connectivity index (χ4v) is 5.64. The molecule has 210 valence electrons. The lowest BCUT2D eigenvalue weighted by molar-refractivity contribution is -0.228. The van der Waals surface area contributed by atoms with Gasteiger partial charge in [-0.25, -0.2) is 13.1 Å². The number of nitrogens with one attached hydrogen (secondary N) is 1. The summed E-state index contributed by atoms with van der Waals surface area (Å²) in [6.07, 6.45) is -0.147. The van der Waals surface area contributed by atoms with Crippen LogP contribution in [0.3, 0.4) is 0 Å². The van der Waals surface area contributed by atoms with Gasteiger partial charge in [-0.3, -0.25) is 0 Å². The van der Waals surface area contributed by atoms with Crippen molar-refractivity contribution in [2.75, 3.05) is 39.0 Å². The molecule has 0 spiro atoms. The summed E-state index contributed by atoms with van der Waals surface area (Å²) in [5, 5.41) is 32.5. The summed E-state index contributed by atoms with van der Waals surface area (Å²) in [6.45, 7) is 2.76. The number of aliphatic hydroxyl groups is 3. The fourth-order valence-electron chi connectivity index (χ4n) is 5.00. The fraction of sp³-hybridized carbons (Fsp3) is 0.556. The summed E-state index contributed by atoms with van der Waals surface area (Å²) in [5.74, 6) is 0.620. The molecule has 2 aliphatic rings. The largest absolute Gasteiger partial charge is 0.492 e. The number of nitrogens with zero attached hydrogens (tertiary/aromatic N) is 1. The minimum Gasteiger partial charge on any atom is -0.492 e. The van der Waals surface area contributed by atoms with Crippen LogP contribution in [-0.4, -0.2) is 92.1 Å². The van der Waals surface area contributed by atoms with Crippen LogP contribution in [0, 0.1) is 0 Å². The van der Waals surface area contributed by atoms with Gasteiger partial charge in [0.15, 0.2) is 0 Å². The van der Waals surface area contributed by atoms with Gasteiger partial charge in [0.25, 0.3) is 0 Å². The van der Waals surface area contributed by atoms with Crippen molar-refractivity contribution < 1.29 is 33.2 Å². The summed E-state index contributed by atoms with van der Waals surface area (Å²) in [6, 6.07) is 12.8. The molecule has 0 aliphatic carbocycles. The Kier molecular flexibility index (Phi) is 10.0. The average Bonchev–Trinajstić information content (AvgIpc) is 2.89. The van der Waals surface area contributed by atoms with E-state index in [1.54, 1.807) is 12.1 Å². The second-order valence-electron chi connectivity index (χ2n) is 10.1.